The molecule has 0 atom stereocenters. The van der Waals surface area contributed by atoms with Crippen molar-refractivity contribution in [2.75, 3.05) is 31.5 Å². The first-order valence-corrected chi connectivity index (χ1v) is 9.12. The maximum absolute atomic E-state index is 12.3. The zero-order valence-corrected chi connectivity index (χ0v) is 16.2. The number of nitrogens with zero attached hydrogens (tertiary/aromatic N) is 2. The van der Waals surface area contributed by atoms with Crippen LogP contribution in [0.15, 0.2) is 60.7 Å². The Morgan fingerprint density at radius 1 is 0.778 bits per heavy atom. The zero-order valence-electron chi connectivity index (χ0n) is 14.5. The van der Waals surface area contributed by atoms with E-state index in [1.807, 2.05) is 36.4 Å². The Kier molecular flexibility index (Phi) is 7.69. The number of urea groups is 1. The van der Waals surface area contributed by atoms with Gasteiger partial charge in [-0.2, -0.15) is 0 Å². The van der Waals surface area contributed by atoms with Crippen LogP contribution < -0.4 is 5.32 Å². The summed E-state index contributed by atoms with van der Waals surface area (Å²) < 4.78 is 0. The van der Waals surface area contributed by atoms with Crippen molar-refractivity contribution in [3.63, 3.8) is 0 Å². The molecule has 8 heteroatoms. The van der Waals surface area contributed by atoms with E-state index in [2.05, 4.69) is 5.32 Å². The van der Waals surface area contributed by atoms with Crippen LogP contribution in [0.25, 0.3) is 0 Å². The lowest BCUT2D eigenvalue weighted by Gasteiger charge is -2.34. The minimum absolute atomic E-state index is 0. The van der Waals surface area contributed by atoms with Crippen LogP contribution in [0.4, 0.5) is 15.3 Å². The molecular weight excluding hydrogens is 386 g/mol. The third-order valence-electron chi connectivity index (χ3n) is 4.04. The van der Waals surface area contributed by atoms with E-state index >= 15 is 0 Å². The summed E-state index contributed by atoms with van der Waals surface area (Å²) in [6.45, 7) is 1.70. The predicted molar refractivity (Wildman–Crippen MR) is 110 cm³/mol. The van der Waals surface area contributed by atoms with E-state index in [0.29, 0.717) is 43.5 Å². The first-order valence-electron chi connectivity index (χ1n) is 8.30. The van der Waals surface area contributed by atoms with Gasteiger partial charge in [-0.05, 0) is 12.1 Å². The Labute approximate surface area is 168 Å². The van der Waals surface area contributed by atoms with Crippen molar-refractivity contribution in [1.82, 2.24) is 9.80 Å². The largest absolute Gasteiger partial charge is 0.330 e. The van der Waals surface area contributed by atoms with Crippen molar-refractivity contribution in [2.45, 2.75) is 0 Å². The molecule has 142 valence electrons. The van der Waals surface area contributed by atoms with Gasteiger partial charge in [0.2, 0.25) is 5.12 Å². The van der Waals surface area contributed by atoms with Crippen molar-refractivity contribution in [1.29, 1.82) is 0 Å². The molecule has 1 N–H and O–H groups in total. The summed E-state index contributed by atoms with van der Waals surface area (Å²) in [5.41, 5.74) is 1.24. The van der Waals surface area contributed by atoms with Gasteiger partial charge in [0, 0.05) is 49.2 Å². The Hall–Kier alpha value is -2.51. The molecule has 2 aromatic rings. The molecule has 1 heterocycles. The van der Waals surface area contributed by atoms with E-state index < -0.39 is 0 Å². The van der Waals surface area contributed by atoms with Crippen molar-refractivity contribution < 1.29 is 14.4 Å². The highest BCUT2D eigenvalue weighted by molar-refractivity contribution is 8.26. The van der Waals surface area contributed by atoms with Crippen LogP contribution >= 0.6 is 24.2 Å². The Morgan fingerprint density at radius 3 is 1.89 bits per heavy atom. The maximum atomic E-state index is 12.3. The number of piperazine rings is 1. The average molecular weight is 406 g/mol. The third kappa shape index (κ3) is 5.74. The number of hydrogen-bond donors (Lipinski definition) is 1. The molecule has 0 saturated carbocycles. The molecule has 1 aliphatic rings. The van der Waals surface area contributed by atoms with Crippen molar-refractivity contribution in [3.8, 4) is 0 Å². The number of benzene rings is 2. The van der Waals surface area contributed by atoms with E-state index in [1.54, 1.807) is 34.1 Å². The van der Waals surface area contributed by atoms with Gasteiger partial charge in [0.05, 0.1) is 0 Å². The van der Waals surface area contributed by atoms with Crippen LogP contribution in [-0.4, -0.2) is 52.4 Å². The Bertz CT molecular complexity index is 781. The summed E-state index contributed by atoms with van der Waals surface area (Å²) in [5, 5.41) is 2.29. The molecule has 0 spiro atoms. The number of carbonyl (C=O) groups is 3. The fourth-order valence-corrected chi connectivity index (χ4v) is 3.32. The quantitative estimate of drug-likeness (QED) is 0.821. The van der Waals surface area contributed by atoms with Gasteiger partial charge in [-0.25, -0.2) is 4.79 Å². The van der Waals surface area contributed by atoms with Gasteiger partial charge < -0.3 is 15.1 Å². The number of halogens is 1. The third-order valence-corrected chi connectivity index (χ3v) is 4.89. The summed E-state index contributed by atoms with van der Waals surface area (Å²) in [6, 6.07) is 17.8. The van der Waals surface area contributed by atoms with Gasteiger partial charge >= 0.3 is 6.03 Å². The van der Waals surface area contributed by atoms with Crippen LogP contribution in [0, 0.1) is 0 Å². The molecule has 1 saturated heterocycles. The number of rotatable bonds is 2. The molecule has 0 radical (unpaired) electrons. The smallest absolute Gasteiger partial charge is 0.321 e. The molecular formula is C19H20ClN3O3S. The first-order chi connectivity index (χ1) is 12.6. The summed E-state index contributed by atoms with van der Waals surface area (Å²) >= 11 is 0.700. The van der Waals surface area contributed by atoms with Gasteiger partial charge in [-0.1, -0.05) is 48.5 Å². The molecule has 6 nitrogen and oxygen atoms in total. The van der Waals surface area contributed by atoms with Gasteiger partial charge in [-0.15, -0.1) is 12.4 Å². The average Bonchev–Trinajstić information content (AvgIpc) is 2.69. The second-order valence-corrected chi connectivity index (χ2v) is 6.72. The highest BCUT2D eigenvalue weighted by Crippen LogP contribution is 2.18. The molecule has 0 bridgehead atoms. The van der Waals surface area contributed by atoms with Crippen molar-refractivity contribution >= 4 is 46.2 Å². The minimum Gasteiger partial charge on any atom is -0.330 e. The lowest BCUT2D eigenvalue weighted by molar-refractivity contribution is 0.108. The van der Waals surface area contributed by atoms with Crippen LogP contribution in [0.3, 0.4) is 0 Å². The molecule has 0 unspecified atom stereocenters. The monoisotopic (exact) mass is 405 g/mol. The first kappa shape index (κ1) is 20.8. The topological polar surface area (TPSA) is 69.7 Å². The predicted octanol–water partition coefficient (Wildman–Crippen LogP) is 3.95. The van der Waals surface area contributed by atoms with Crippen molar-refractivity contribution in [2.24, 2.45) is 0 Å². The summed E-state index contributed by atoms with van der Waals surface area (Å²) in [6.07, 6.45) is 0. The molecule has 3 rings (SSSR count). The van der Waals surface area contributed by atoms with E-state index in [0.717, 1.165) is 5.69 Å². The van der Waals surface area contributed by atoms with Gasteiger partial charge in [0.15, 0.2) is 0 Å². The standard InChI is InChI=1S/C19H19N3O3S.ClH/c23-17(15-7-3-1-4-8-15)26-19(25)22-13-11-21(12-14-22)18(24)20-16-9-5-2-6-10-16;/h1-10H,11-14H2,(H,20,24);1H. The molecule has 2 aromatic carbocycles. The van der Waals surface area contributed by atoms with Crippen LogP contribution in [0.2, 0.25) is 0 Å². The molecule has 0 aliphatic carbocycles. The highest BCUT2D eigenvalue weighted by Gasteiger charge is 2.26. The molecule has 1 aliphatic heterocycles. The number of anilines is 1. The lowest BCUT2D eigenvalue weighted by atomic mass is 10.2. The number of nitrogens with one attached hydrogen (secondary N) is 1. The van der Waals surface area contributed by atoms with Crippen molar-refractivity contribution in [3.05, 3.63) is 66.2 Å². The van der Waals surface area contributed by atoms with Crippen LogP contribution in [-0.2, 0) is 0 Å². The maximum Gasteiger partial charge on any atom is 0.321 e. The number of thioether (sulfide) groups is 1. The van der Waals surface area contributed by atoms with Crippen LogP contribution in [0.5, 0.6) is 0 Å². The molecule has 1 fully saturated rings. The Morgan fingerprint density at radius 2 is 1.30 bits per heavy atom. The second kappa shape index (κ2) is 9.99. The number of amides is 3. The molecule has 27 heavy (non-hydrogen) atoms. The lowest BCUT2D eigenvalue weighted by Crippen LogP contribution is -2.51. The molecule has 0 aromatic heterocycles. The molecule has 3 amide bonds. The van der Waals surface area contributed by atoms with E-state index in [-0.39, 0.29) is 28.8 Å². The second-order valence-electron chi connectivity index (χ2n) is 5.79. The van der Waals surface area contributed by atoms with Crippen LogP contribution in [0.1, 0.15) is 10.4 Å². The minimum atomic E-state index is -0.276. The van der Waals surface area contributed by atoms with Gasteiger partial charge in [-0.3, -0.25) is 9.59 Å². The van der Waals surface area contributed by atoms with E-state index in [4.69, 9.17) is 0 Å². The fraction of sp³-hybridized carbons (Fsp3) is 0.211. The normalized spacial score (nSPS) is 13.5. The summed E-state index contributed by atoms with van der Waals surface area (Å²) in [5.74, 6) is 0. The highest BCUT2D eigenvalue weighted by atomic mass is 35.5. The number of hydrogen-bond acceptors (Lipinski definition) is 4. The van der Waals surface area contributed by atoms with Gasteiger partial charge in [0.1, 0.15) is 0 Å². The van der Waals surface area contributed by atoms with E-state index in [9.17, 15) is 14.4 Å². The van der Waals surface area contributed by atoms with Gasteiger partial charge in [0.25, 0.3) is 5.24 Å². The zero-order chi connectivity index (χ0) is 18.4. The SMILES string of the molecule is Cl.O=C(SC(=O)N1CCN(C(=O)Nc2ccccc2)CC1)c1ccccc1. The summed E-state index contributed by atoms with van der Waals surface area (Å²) in [4.78, 5) is 39.9. The fourth-order valence-electron chi connectivity index (χ4n) is 2.59. The number of para-hydroxylation sites is 1. The van der Waals surface area contributed by atoms with E-state index in [1.165, 1.54) is 0 Å². The number of carbonyl (C=O) groups excluding carboxylic acids is 3. The Balaban J connectivity index is 0.00000261. The summed E-state index contributed by atoms with van der Waals surface area (Å²) in [7, 11) is 0.